The third kappa shape index (κ3) is 6.85. The molecule has 0 aliphatic carbocycles. The van der Waals surface area contributed by atoms with E-state index in [4.69, 9.17) is 32.7 Å². The molecule has 0 spiro atoms. The van der Waals surface area contributed by atoms with Crippen LogP contribution in [0.1, 0.15) is 36.7 Å². The Morgan fingerprint density at radius 1 is 1.19 bits per heavy atom. The summed E-state index contributed by atoms with van der Waals surface area (Å²) in [6.07, 6.45) is 1.47. The van der Waals surface area contributed by atoms with E-state index in [0.29, 0.717) is 38.7 Å². The van der Waals surface area contributed by atoms with Crippen molar-refractivity contribution < 1.29 is 19.1 Å². The highest BCUT2D eigenvalue weighted by Crippen LogP contribution is 2.36. The van der Waals surface area contributed by atoms with Gasteiger partial charge in [-0.1, -0.05) is 37.0 Å². The van der Waals surface area contributed by atoms with Crippen molar-refractivity contribution in [3.63, 3.8) is 0 Å². The highest BCUT2D eigenvalue weighted by molar-refractivity contribution is 9.10. The molecule has 0 radical (unpaired) electrons. The van der Waals surface area contributed by atoms with Gasteiger partial charge in [-0.3, -0.25) is 9.59 Å². The molecule has 0 saturated carbocycles. The summed E-state index contributed by atoms with van der Waals surface area (Å²) in [6.45, 7) is 6.00. The topological polar surface area (TPSA) is 89.0 Å². The first-order valence-electron chi connectivity index (χ1n) is 9.77. The minimum atomic E-state index is -0.810. The molecular formula is C22H24BrCl2N3O4. The third-order valence-electron chi connectivity index (χ3n) is 4.35. The molecule has 10 heteroatoms. The van der Waals surface area contributed by atoms with Crippen molar-refractivity contribution >= 4 is 57.2 Å². The smallest absolute Gasteiger partial charge is 0.262 e. The molecule has 32 heavy (non-hydrogen) atoms. The number of halogens is 3. The van der Waals surface area contributed by atoms with Gasteiger partial charge in [-0.15, -0.1) is 0 Å². The first-order chi connectivity index (χ1) is 15.2. The monoisotopic (exact) mass is 543 g/mol. The summed E-state index contributed by atoms with van der Waals surface area (Å²) in [5, 5.41) is 7.31. The number of methoxy groups -OCH3 is 1. The third-order valence-corrected chi connectivity index (χ3v) is 5.67. The highest BCUT2D eigenvalue weighted by Gasteiger charge is 2.24. The van der Waals surface area contributed by atoms with Gasteiger partial charge in [-0.25, -0.2) is 5.43 Å². The van der Waals surface area contributed by atoms with Gasteiger partial charge in [0, 0.05) is 5.56 Å². The van der Waals surface area contributed by atoms with Gasteiger partial charge in [-0.05, 0) is 64.7 Å². The number of rotatable bonds is 9. The molecule has 1 atom stereocenters. The Labute approximate surface area is 205 Å². The molecular weight excluding hydrogens is 521 g/mol. The summed E-state index contributed by atoms with van der Waals surface area (Å²) < 4.78 is 11.6. The number of carbonyl (C=O) groups is 2. The number of hydrogen-bond acceptors (Lipinski definition) is 5. The molecule has 2 rings (SSSR count). The van der Waals surface area contributed by atoms with Crippen molar-refractivity contribution in [3.05, 3.63) is 56.0 Å². The summed E-state index contributed by atoms with van der Waals surface area (Å²) in [4.78, 5) is 25.2. The van der Waals surface area contributed by atoms with E-state index in [-0.39, 0.29) is 10.9 Å². The first kappa shape index (κ1) is 26.0. The second-order valence-electron chi connectivity index (χ2n) is 7.03. The Hall–Kier alpha value is -2.29. The lowest BCUT2D eigenvalue weighted by Gasteiger charge is -2.20. The van der Waals surface area contributed by atoms with E-state index in [2.05, 4.69) is 31.8 Å². The molecule has 172 valence electrons. The zero-order valence-electron chi connectivity index (χ0n) is 18.0. The van der Waals surface area contributed by atoms with E-state index >= 15 is 0 Å². The summed E-state index contributed by atoms with van der Waals surface area (Å²) in [6, 6.07) is 7.22. The van der Waals surface area contributed by atoms with Crippen molar-refractivity contribution in [2.45, 2.75) is 26.8 Å². The van der Waals surface area contributed by atoms with E-state index in [9.17, 15) is 9.59 Å². The van der Waals surface area contributed by atoms with Crippen molar-refractivity contribution in [1.82, 2.24) is 10.7 Å². The van der Waals surface area contributed by atoms with Crippen LogP contribution in [0.25, 0.3) is 0 Å². The zero-order valence-corrected chi connectivity index (χ0v) is 21.1. The lowest BCUT2D eigenvalue weighted by Crippen LogP contribution is -2.48. The summed E-state index contributed by atoms with van der Waals surface area (Å²) in [5.41, 5.74) is 3.45. The molecule has 7 nitrogen and oxygen atoms in total. The lowest BCUT2D eigenvalue weighted by atomic mass is 10.0. The fraction of sp³-hybridized carbons (Fsp3) is 0.318. The number of nitrogens with zero attached hydrogens (tertiary/aromatic N) is 1. The van der Waals surface area contributed by atoms with Crippen molar-refractivity contribution in [1.29, 1.82) is 0 Å². The van der Waals surface area contributed by atoms with Gasteiger partial charge in [0.1, 0.15) is 6.04 Å². The van der Waals surface area contributed by atoms with Crippen molar-refractivity contribution in [2.75, 3.05) is 13.7 Å². The summed E-state index contributed by atoms with van der Waals surface area (Å²) in [7, 11) is 1.54. The van der Waals surface area contributed by atoms with Crippen LogP contribution in [0.4, 0.5) is 0 Å². The molecule has 0 aliphatic heterocycles. The molecule has 0 bridgehead atoms. The number of hydrazone groups is 1. The van der Waals surface area contributed by atoms with Crippen LogP contribution >= 0.6 is 39.1 Å². The van der Waals surface area contributed by atoms with Crippen LogP contribution in [0, 0.1) is 5.92 Å². The molecule has 0 heterocycles. The Bertz CT molecular complexity index is 1010. The van der Waals surface area contributed by atoms with Crippen molar-refractivity contribution in [3.8, 4) is 11.5 Å². The van der Waals surface area contributed by atoms with Crippen LogP contribution < -0.4 is 20.2 Å². The van der Waals surface area contributed by atoms with E-state index in [1.54, 1.807) is 12.1 Å². The fourth-order valence-electron chi connectivity index (χ4n) is 2.74. The zero-order chi connectivity index (χ0) is 23.8. The predicted octanol–water partition coefficient (Wildman–Crippen LogP) is 5.07. The molecule has 2 aromatic carbocycles. The SMILES string of the molecule is CCOc1c(Br)cc(/C=N\NC(=O)C(NC(=O)c2ccc(Cl)c(Cl)c2)C(C)C)cc1OC. The normalized spacial score (nSPS) is 12.0. The molecule has 0 fully saturated rings. The molecule has 2 amide bonds. The van der Waals surface area contributed by atoms with Crippen LogP contribution in [-0.2, 0) is 4.79 Å². The second-order valence-corrected chi connectivity index (χ2v) is 8.69. The number of ether oxygens (including phenoxy) is 2. The largest absolute Gasteiger partial charge is 0.493 e. The summed E-state index contributed by atoms with van der Waals surface area (Å²) in [5.74, 6) is 0.0314. The standard InChI is InChI=1S/C22H24BrCl2N3O4/c1-5-32-20-15(23)8-13(9-18(20)31-4)11-26-28-22(30)19(12(2)3)27-21(29)14-6-7-16(24)17(25)10-14/h6-12,19H,5H2,1-4H3,(H,27,29)(H,28,30)/b26-11-. The number of amides is 2. The van der Waals surface area contributed by atoms with Crippen LogP contribution in [0.5, 0.6) is 11.5 Å². The number of nitrogens with one attached hydrogen (secondary N) is 2. The quantitative estimate of drug-likeness (QED) is 0.341. The maximum Gasteiger partial charge on any atom is 0.262 e. The number of hydrogen-bond donors (Lipinski definition) is 2. The molecule has 0 saturated heterocycles. The van der Waals surface area contributed by atoms with Crippen molar-refractivity contribution in [2.24, 2.45) is 11.0 Å². The van der Waals surface area contributed by atoms with Gasteiger partial charge in [0.05, 0.1) is 34.4 Å². The number of carbonyl (C=O) groups excluding carboxylic acids is 2. The van der Waals surface area contributed by atoms with E-state index < -0.39 is 17.9 Å². The van der Waals surface area contributed by atoms with Crippen LogP contribution in [0.3, 0.4) is 0 Å². The van der Waals surface area contributed by atoms with Gasteiger partial charge < -0.3 is 14.8 Å². The highest BCUT2D eigenvalue weighted by atomic mass is 79.9. The molecule has 2 aromatic rings. The van der Waals surface area contributed by atoms with Gasteiger partial charge in [-0.2, -0.15) is 5.10 Å². The minimum Gasteiger partial charge on any atom is -0.493 e. The summed E-state index contributed by atoms with van der Waals surface area (Å²) >= 11 is 15.3. The molecule has 1 unspecified atom stereocenters. The van der Waals surface area contributed by atoms with Gasteiger partial charge in [0.25, 0.3) is 11.8 Å². The van der Waals surface area contributed by atoms with Gasteiger partial charge in [0.15, 0.2) is 11.5 Å². The Kier molecular flexibility index (Phi) is 9.81. The maximum atomic E-state index is 12.7. The molecule has 2 N–H and O–H groups in total. The fourth-order valence-corrected chi connectivity index (χ4v) is 3.61. The predicted molar refractivity (Wildman–Crippen MR) is 130 cm³/mol. The maximum absolute atomic E-state index is 12.7. The first-order valence-corrected chi connectivity index (χ1v) is 11.3. The van der Waals surface area contributed by atoms with Crippen LogP contribution in [0.15, 0.2) is 39.9 Å². The average Bonchev–Trinajstić information content (AvgIpc) is 2.75. The van der Waals surface area contributed by atoms with Gasteiger partial charge >= 0.3 is 0 Å². The Morgan fingerprint density at radius 2 is 1.91 bits per heavy atom. The lowest BCUT2D eigenvalue weighted by molar-refractivity contribution is -0.123. The average molecular weight is 545 g/mol. The van der Waals surface area contributed by atoms with Crippen LogP contribution in [-0.4, -0.2) is 37.8 Å². The van der Waals surface area contributed by atoms with Crippen LogP contribution in [0.2, 0.25) is 10.0 Å². The minimum absolute atomic E-state index is 0.184. The Morgan fingerprint density at radius 3 is 2.50 bits per heavy atom. The van der Waals surface area contributed by atoms with E-state index in [0.717, 1.165) is 0 Å². The van der Waals surface area contributed by atoms with Gasteiger partial charge in [0.2, 0.25) is 0 Å². The molecule has 0 aromatic heterocycles. The van der Waals surface area contributed by atoms with E-state index in [1.807, 2.05) is 20.8 Å². The number of benzene rings is 2. The second kappa shape index (κ2) is 12.1. The molecule has 0 aliphatic rings. The van der Waals surface area contributed by atoms with E-state index in [1.165, 1.54) is 31.5 Å². The Balaban J connectivity index is 2.10.